The number of hydrogen-bond acceptors (Lipinski definition) is 4. The van der Waals surface area contributed by atoms with E-state index in [2.05, 4.69) is 4.74 Å². The molecule has 2 rings (SSSR count). The van der Waals surface area contributed by atoms with Gasteiger partial charge in [-0.05, 0) is 31.7 Å². The van der Waals surface area contributed by atoms with Crippen molar-refractivity contribution < 1.29 is 89.0 Å². The lowest BCUT2D eigenvalue weighted by molar-refractivity contribution is -0.459. The van der Waals surface area contributed by atoms with Crippen molar-refractivity contribution in [1.29, 1.82) is 0 Å². The summed E-state index contributed by atoms with van der Waals surface area (Å²) in [6.45, 7) is 0.836. The molecule has 1 aliphatic rings. The van der Waals surface area contributed by atoms with Gasteiger partial charge >= 0.3 is 59.5 Å². The van der Waals surface area contributed by atoms with E-state index in [0.717, 1.165) is 5.32 Å². The number of hydrogen-bond donors (Lipinski definition) is 1. The van der Waals surface area contributed by atoms with Crippen molar-refractivity contribution in [1.82, 2.24) is 0 Å². The van der Waals surface area contributed by atoms with Gasteiger partial charge in [-0.15, -0.1) is 11.3 Å². The van der Waals surface area contributed by atoms with Gasteiger partial charge in [0.1, 0.15) is 5.00 Å². The number of esters is 1. The van der Waals surface area contributed by atoms with Gasteiger partial charge in [0.05, 0.1) is 12.2 Å². The molecule has 0 aromatic carbocycles. The van der Waals surface area contributed by atoms with Gasteiger partial charge in [-0.3, -0.25) is 4.79 Å². The molecule has 1 amide bonds. The number of rotatable bonds is 10. The fraction of sp³-hybridized carbons (Fsp3) is 0.684. The zero-order chi connectivity index (χ0) is 32.4. The number of nitrogens with one attached hydrogen (secondary N) is 1. The summed E-state index contributed by atoms with van der Waals surface area (Å²) in [7, 11) is 0. The van der Waals surface area contributed by atoms with Crippen molar-refractivity contribution in [3.63, 3.8) is 0 Å². The third-order valence-corrected chi connectivity index (χ3v) is 6.84. The van der Waals surface area contributed by atoms with E-state index in [1.165, 1.54) is 6.92 Å². The van der Waals surface area contributed by atoms with Crippen molar-refractivity contribution in [3.8, 4) is 0 Å². The van der Waals surface area contributed by atoms with Gasteiger partial charge in [0.25, 0.3) is 0 Å². The van der Waals surface area contributed by atoms with Gasteiger partial charge in [0, 0.05) is 4.88 Å². The first kappa shape index (κ1) is 34.7. The highest BCUT2D eigenvalue weighted by atomic mass is 32.1. The quantitative estimate of drug-likeness (QED) is 0.212. The lowest BCUT2D eigenvalue weighted by Gasteiger charge is -2.42. The van der Waals surface area contributed by atoms with Crippen molar-refractivity contribution in [2.24, 2.45) is 0 Å². The van der Waals surface area contributed by atoms with E-state index in [1.54, 1.807) is 0 Å². The third-order valence-electron chi connectivity index (χ3n) is 5.64. The Morgan fingerprint density at radius 2 is 1.15 bits per heavy atom. The molecular weight excluding hydrogens is 645 g/mol. The average Bonchev–Trinajstić information content (AvgIpc) is 3.38. The molecule has 0 spiro atoms. The topological polar surface area (TPSA) is 55.4 Å². The van der Waals surface area contributed by atoms with Crippen molar-refractivity contribution >= 4 is 28.2 Å². The summed E-state index contributed by atoms with van der Waals surface area (Å²) < 4.78 is 233. The molecule has 41 heavy (non-hydrogen) atoms. The van der Waals surface area contributed by atoms with Crippen LogP contribution in [0.3, 0.4) is 0 Å². The standard InChI is InChI=1S/C19H12F17NO3S/c1-2-40-10(38)8-6-4-3-5-7(6)41-9(8)37-11(39)12(20,21)13(22,23)14(24,25)15(26,27)16(28,29)17(30,31)18(32,33)19(34,35)36/h2-5H2,1H3,(H,37,39). The smallest absolute Gasteiger partial charge is 0.460 e. The molecule has 1 N–H and O–H groups in total. The summed E-state index contributed by atoms with van der Waals surface area (Å²) in [6.07, 6.45) is -7.41. The Bertz CT molecular complexity index is 1190. The normalized spacial score (nSPS) is 16.0. The van der Waals surface area contributed by atoms with E-state index in [9.17, 15) is 84.2 Å². The van der Waals surface area contributed by atoms with Gasteiger partial charge in [-0.25, -0.2) is 4.79 Å². The number of amides is 1. The fourth-order valence-electron chi connectivity index (χ4n) is 3.40. The first-order valence-electron chi connectivity index (χ1n) is 10.4. The third kappa shape index (κ3) is 4.76. The van der Waals surface area contributed by atoms with Crippen LogP contribution in [0, 0.1) is 0 Å². The van der Waals surface area contributed by atoms with Crippen LogP contribution in [-0.2, 0) is 22.4 Å². The molecule has 0 atom stereocenters. The minimum absolute atomic E-state index is 0.0125. The molecule has 1 aromatic rings. The van der Waals surface area contributed by atoms with Crippen LogP contribution < -0.4 is 5.32 Å². The molecule has 4 nitrogen and oxygen atoms in total. The molecule has 0 fully saturated rings. The molecule has 0 saturated heterocycles. The van der Waals surface area contributed by atoms with Crippen LogP contribution in [0.5, 0.6) is 0 Å². The second kappa shape index (κ2) is 10.0. The van der Waals surface area contributed by atoms with Crippen molar-refractivity contribution in [2.45, 2.75) is 73.8 Å². The molecule has 0 radical (unpaired) electrons. The summed E-state index contributed by atoms with van der Waals surface area (Å²) in [5.41, 5.74) is -0.738. The van der Waals surface area contributed by atoms with Crippen molar-refractivity contribution in [3.05, 3.63) is 16.0 Å². The van der Waals surface area contributed by atoms with E-state index in [0.29, 0.717) is 6.42 Å². The van der Waals surface area contributed by atoms with Crippen LogP contribution in [0.15, 0.2) is 0 Å². The highest BCUT2D eigenvalue weighted by Crippen LogP contribution is 2.64. The number of carbonyl (C=O) groups excluding carboxylic acids is 2. The second-order valence-electron chi connectivity index (χ2n) is 8.25. The van der Waals surface area contributed by atoms with E-state index in [-0.39, 0.29) is 34.6 Å². The Labute approximate surface area is 219 Å². The number of thiophene rings is 1. The Morgan fingerprint density at radius 3 is 1.59 bits per heavy atom. The number of aryl methyl sites for hydroxylation is 1. The minimum Gasteiger partial charge on any atom is -0.462 e. The second-order valence-corrected chi connectivity index (χ2v) is 9.36. The summed E-state index contributed by atoms with van der Waals surface area (Å²) in [6, 6.07) is 0. The Morgan fingerprint density at radius 1 is 0.707 bits per heavy atom. The number of ether oxygens (including phenoxy) is 1. The molecule has 1 aliphatic carbocycles. The highest BCUT2D eigenvalue weighted by molar-refractivity contribution is 7.17. The maximum Gasteiger partial charge on any atom is 0.460 e. The molecule has 0 aliphatic heterocycles. The number of alkyl halides is 17. The van der Waals surface area contributed by atoms with E-state index in [4.69, 9.17) is 0 Å². The van der Waals surface area contributed by atoms with E-state index >= 15 is 0 Å². The lowest BCUT2D eigenvalue weighted by Crippen LogP contribution is -2.75. The molecule has 0 bridgehead atoms. The molecular formula is C19H12F17NO3S. The maximum atomic E-state index is 14.3. The predicted molar refractivity (Wildman–Crippen MR) is 102 cm³/mol. The maximum absolute atomic E-state index is 14.3. The lowest BCUT2D eigenvalue weighted by atomic mass is 9.89. The summed E-state index contributed by atoms with van der Waals surface area (Å²) >= 11 is 0.228. The fourth-order valence-corrected chi connectivity index (χ4v) is 4.67. The number of anilines is 1. The van der Waals surface area contributed by atoms with Gasteiger partial charge < -0.3 is 10.1 Å². The summed E-state index contributed by atoms with van der Waals surface area (Å²) in [5, 5.41) is -0.264. The van der Waals surface area contributed by atoms with Gasteiger partial charge in [0.15, 0.2) is 0 Å². The molecule has 1 aromatic heterocycles. The first-order valence-corrected chi connectivity index (χ1v) is 11.3. The average molecular weight is 657 g/mol. The van der Waals surface area contributed by atoms with Gasteiger partial charge in [-0.1, -0.05) is 0 Å². The van der Waals surface area contributed by atoms with Gasteiger partial charge in [0.2, 0.25) is 0 Å². The summed E-state index contributed by atoms with van der Waals surface area (Å²) in [5.74, 6) is -63.7. The van der Waals surface area contributed by atoms with Crippen LogP contribution in [0.4, 0.5) is 79.6 Å². The monoisotopic (exact) mass is 657 g/mol. The van der Waals surface area contributed by atoms with Crippen LogP contribution in [0.25, 0.3) is 0 Å². The molecule has 0 saturated carbocycles. The number of fused-ring (bicyclic) bond motifs is 1. The van der Waals surface area contributed by atoms with E-state index < -0.39 is 76.7 Å². The highest BCUT2D eigenvalue weighted by Gasteiger charge is 2.95. The Hall–Kier alpha value is -2.55. The first-order chi connectivity index (χ1) is 18.1. The Kier molecular flexibility index (Phi) is 8.47. The van der Waals surface area contributed by atoms with Crippen LogP contribution >= 0.6 is 11.3 Å². The zero-order valence-corrected chi connectivity index (χ0v) is 20.2. The molecule has 236 valence electrons. The van der Waals surface area contributed by atoms with Gasteiger partial charge in [-0.2, -0.15) is 74.6 Å². The largest absolute Gasteiger partial charge is 0.462 e. The zero-order valence-electron chi connectivity index (χ0n) is 19.4. The SMILES string of the molecule is CCOC(=O)c1c(NC(=O)C(F)(F)C(F)(F)C(F)(F)C(F)(F)C(F)(F)C(F)(F)C(F)(F)C(F)(F)F)sc2c1CCC2. The van der Waals surface area contributed by atoms with Crippen LogP contribution in [-0.4, -0.2) is 66.1 Å². The molecule has 22 heteroatoms. The van der Waals surface area contributed by atoms with Crippen LogP contribution in [0.1, 0.15) is 34.1 Å². The predicted octanol–water partition coefficient (Wildman–Crippen LogP) is 7.36. The van der Waals surface area contributed by atoms with Crippen molar-refractivity contribution in [2.75, 3.05) is 11.9 Å². The summed E-state index contributed by atoms with van der Waals surface area (Å²) in [4.78, 5) is 24.2. The molecule has 0 unspecified atom stereocenters. The minimum atomic E-state index is -8.80. The van der Waals surface area contributed by atoms with E-state index in [1.807, 2.05) is 0 Å². The Balaban J connectivity index is 2.56. The van der Waals surface area contributed by atoms with Crippen LogP contribution in [0.2, 0.25) is 0 Å². The number of carbonyl (C=O) groups is 2. The number of halogens is 17. The molecule has 1 heterocycles.